The Hall–Kier alpha value is -0.630. The van der Waals surface area contributed by atoms with Crippen molar-refractivity contribution in [3.05, 3.63) is 22.4 Å². The number of thiophene rings is 1. The predicted molar refractivity (Wildman–Crippen MR) is 66.5 cm³/mol. The van der Waals surface area contributed by atoms with Crippen LogP contribution in [0, 0.1) is 0 Å². The lowest BCUT2D eigenvalue weighted by molar-refractivity contribution is -0.117. The summed E-state index contributed by atoms with van der Waals surface area (Å²) in [5.41, 5.74) is 1.35. The fourth-order valence-electron chi connectivity index (χ4n) is 1.88. The van der Waals surface area contributed by atoms with E-state index in [1.54, 1.807) is 18.3 Å². The van der Waals surface area contributed by atoms with Crippen LogP contribution >= 0.6 is 11.3 Å². The van der Waals surface area contributed by atoms with Crippen LogP contribution in [-0.2, 0) is 4.79 Å². The highest BCUT2D eigenvalue weighted by atomic mass is 32.1. The van der Waals surface area contributed by atoms with Crippen molar-refractivity contribution in [3.63, 3.8) is 0 Å². The predicted octanol–water partition coefficient (Wildman–Crippen LogP) is 4.39. The average Bonchev–Trinajstić information content (AvgIpc) is 2.68. The first-order valence-corrected chi connectivity index (χ1v) is 6.69. The molecule has 0 unspecified atom stereocenters. The highest BCUT2D eigenvalue weighted by molar-refractivity contribution is 7.07. The van der Waals surface area contributed by atoms with E-state index in [1.807, 2.05) is 0 Å². The summed E-state index contributed by atoms with van der Waals surface area (Å²) < 4.78 is 0. The molecule has 1 aromatic rings. The molecule has 0 saturated carbocycles. The number of unbranched alkanes of at least 4 members (excludes halogenated alkanes) is 2. The molecule has 2 heteroatoms. The maximum absolute atomic E-state index is 11.2. The molecule has 15 heavy (non-hydrogen) atoms. The van der Waals surface area contributed by atoms with Gasteiger partial charge in [-0.15, -0.1) is 0 Å². The largest absolute Gasteiger partial charge is 0.300 e. The van der Waals surface area contributed by atoms with E-state index in [-0.39, 0.29) is 0 Å². The van der Waals surface area contributed by atoms with Gasteiger partial charge in [0, 0.05) is 6.42 Å². The van der Waals surface area contributed by atoms with Gasteiger partial charge in [-0.05, 0) is 41.7 Å². The van der Waals surface area contributed by atoms with Gasteiger partial charge in [0.05, 0.1) is 0 Å². The highest BCUT2D eigenvalue weighted by Crippen LogP contribution is 2.27. The number of Topliss-reactive ketones (excluding diaryl/α,β-unsaturated/α-hetero) is 1. The van der Waals surface area contributed by atoms with Gasteiger partial charge in [-0.1, -0.05) is 26.2 Å². The van der Waals surface area contributed by atoms with Crippen LogP contribution in [0.5, 0.6) is 0 Å². The monoisotopic (exact) mass is 224 g/mol. The maximum Gasteiger partial charge on any atom is 0.130 e. The van der Waals surface area contributed by atoms with Gasteiger partial charge in [0.2, 0.25) is 0 Å². The summed E-state index contributed by atoms with van der Waals surface area (Å²) >= 11 is 1.72. The zero-order valence-corrected chi connectivity index (χ0v) is 10.5. The second kappa shape index (κ2) is 6.78. The Morgan fingerprint density at radius 3 is 2.80 bits per heavy atom. The highest BCUT2D eigenvalue weighted by Gasteiger charge is 2.13. The molecule has 1 atom stereocenters. The Balaban J connectivity index is 2.50. The van der Waals surface area contributed by atoms with Crippen molar-refractivity contribution in [2.45, 2.75) is 51.9 Å². The molecule has 84 valence electrons. The van der Waals surface area contributed by atoms with E-state index in [0.717, 1.165) is 6.42 Å². The Kier molecular flexibility index (Phi) is 5.62. The Morgan fingerprint density at radius 1 is 1.47 bits per heavy atom. The van der Waals surface area contributed by atoms with Gasteiger partial charge in [-0.25, -0.2) is 0 Å². The molecule has 1 rings (SSSR count). The summed E-state index contributed by atoms with van der Waals surface area (Å²) in [6.45, 7) is 3.91. The molecule has 0 aliphatic heterocycles. The van der Waals surface area contributed by atoms with Gasteiger partial charge in [0.25, 0.3) is 0 Å². The van der Waals surface area contributed by atoms with Crippen molar-refractivity contribution < 1.29 is 4.79 Å². The van der Waals surface area contributed by atoms with Crippen LogP contribution in [0.2, 0.25) is 0 Å². The molecule has 0 aromatic carbocycles. The smallest absolute Gasteiger partial charge is 0.130 e. The van der Waals surface area contributed by atoms with Crippen molar-refractivity contribution in [2.75, 3.05) is 0 Å². The molecule has 0 aliphatic rings. The van der Waals surface area contributed by atoms with E-state index < -0.39 is 0 Å². The minimum Gasteiger partial charge on any atom is -0.300 e. The minimum atomic E-state index is 0.308. The van der Waals surface area contributed by atoms with Crippen molar-refractivity contribution >= 4 is 17.1 Å². The molecule has 0 radical (unpaired) electrons. The Labute approximate surface area is 96.5 Å². The zero-order valence-electron chi connectivity index (χ0n) is 9.66. The third-order valence-electron chi connectivity index (χ3n) is 2.70. The number of carbonyl (C=O) groups is 1. The quantitative estimate of drug-likeness (QED) is 0.628. The summed E-state index contributed by atoms with van der Waals surface area (Å²) in [7, 11) is 0. The van der Waals surface area contributed by atoms with Crippen LogP contribution < -0.4 is 0 Å². The lowest BCUT2D eigenvalue weighted by Gasteiger charge is -2.13. The molecule has 1 nitrogen and oxygen atoms in total. The maximum atomic E-state index is 11.2. The lowest BCUT2D eigenvalue weighted by atomic mass is 9.91. The minimum absolute atomic E-state index is 0.308. The molecule has 0 saturated heterocycles. The normalized spacial score (nSPS) is 12.7. The van der Waals surface area contributed by atoms with Crippen LogP contribution in [0.25, 0.3) is 0 Å². The molecule has 0 aliphatic carbocycles. The molecular weight excluding hydrogens is 204 g/mol. The SMILES string of the molecule is CCCCC[C@H](CC(C)=O)c1ccsc1. The van der Waals surface area contributed by atoms with Crippen LogP contribution in [0.15, 0.2) is 16.8 Å². The van der Waals surface area contributed by atoms with E-state index in [9.17, 15) is 4.79 Å². The fraction of sp³-hybridized carbons (Fsp3) is 0.615. The first-order chi connectivity index (χ1) is 7.24. The molecule has 0 N–H and O–H groups in total. The zero-order chi connectivity index (χ0) is 11.1. The van der Waals surface area contributed by atoms with E-state index in [1.165, 1.54) is 24.8 Å². The third kappa shape index (κ3) is 4.61. The van der Waals surface area contributed by atoms with Gasteiger partial charge in [0.15, 0.2) is 0 Å². The third-order valence-corrected chi connectivity index (χ3v) is 3.41. The van der Waals surface area contributed by atoms with E-state index in [2.05, 4.69) is 23.8 Å². The summed E-state index contributed by atoms with van der Waals surface area (Å²) in [4.78, 5) is 11.2. The van der Waals surface area contributed by atoms with Gasteiger partial charge in [0.1, 0.15) is 5.78 Å². The number of hydrogen-bond donors (Lipinski definition) is 0. The molecule has 0 amide bonds. The molecular formula is C13H20OS. The van der Waals surface area contributed by atoms with Crippen molar-refractivity contribution in [2.24, 2.45) is 0 Å². The molecule has 0 bridgehead atoms. The van der Waals surface area contributed by atoms with Gasteiger partial charge in [-0.3, -0.25) is 0 Å². The number of carbonyl (C=O) groups excluding carboxylic acids is 1. The van der Waals surface area contributed by atoms with E-state index in [0.29, 0.717) is 18.1 Å². The lowest BCUT2D eigenvalue weighted by Crippen LogP contribution is -2.03. The first-order valence-electron chi connectivity index (χ1n) is 5.75. The number of hydrogen-bond acceptors (Lipinski definition) is 2. The summed E-state index contributed by atoms with van der Waals surface area (Å²) in [6.07, 6.45) is 5.63. The fourth-order valence-corrected chi connectivity index (χ4v) is 2.62. The van der Waals surface area contributed by atoms with Gasteiger partial charge < -0.3 is 4.79 Å². The van der Waals surface area contributed by atoms with E-state index in [4.69, 9.17) is 0 Å². The number of rotatable bonds is 7. The van der Waals surface area contributed by atoms with E-state index >= 15 is 0 Å². The molecule has 0 fully saturated rings. The molecule has 1 aromatic heterocycles. The van der Waals surface area contributed by atoms with Crippen molar-refractivity contribution in [1.29, 1.82) is 0 Å². The Morgan fingerprint density at radius 2 is 2.27 bits per heavy atom. The second-order valence-corrected chi connectivity index (χ2v) is 4.94. The van der Waals surface area contributed by atoms with Gasteiger partial charge >= 0.3 is 0 Å². The second-order valence-electron chi connectivity index (χ2n) is 4.16. The van der Waals surface area contributed by atoms with Crippen molar-refractivity contribution in [1.82, 2.24) is 0 Å². The van der Waals surface area contributed by atoms with Crippen LogP contribution in [-0.4, -0.2) is 5.78 Å². The van der Waals surface area contributed by atoms with Crippen molar-refractivity contribution in [3.8, 4) is 0 Å². The summed E-state index contributed by atoms with van der Waals surface area (Å²) in [5.74, 6) is 0.767. The van der Waals surface area contributed by atoms with Crippen LogP contribution in [0.4, 0.5) is 0 Å². The Bertz CT molecular complexity index is 277. The summed E-state index contributed by atoms with van der Waals surface area (Å²) in [5, 5.41) is 4.28. The average molecular weight is 224 g/mol. The number of ketones is 1. The van der Waals surface area contributed by atoms with Crippen LogP contribution in [0.1, 0.15) is 57.4 Å². The topological polar surface area (TPSA) is 17.1 Å². The summed E-state index contributed by atoms with van der Waals surface area (Å²) in [6, 6.07) is 2.16. The first kappa shape index (κ1) is 12.4. The molecule has 1 heterocycles. The van der Waals surface area contributed by atoms with Crippen LogP contribution in [0.3, 0.4) is 0 Å². The standard InChI is InChI=1S/C13H20OS/c1-3-4-5-6-12(9-11(2)14)13-7-8-15-10-13/h7-8,10,12H,3-6,9H2,1-2H3/t12-/m1/s1. The van der Waals surface area contributed by atoms with Gasteiger partial charge in [-0.2, -0.15) is 11.3 Å². The molecule has 0 spiro atoms.